The zero-order valence-electron chi connectivity index (χ0n) is 10.2. The minimum absolute atomic E-state index is 0.0754. The van der Waals surface area contributed by atoms with Crippen molar-refractivity contribution in [1.82, 2.24) is 4.57 Å². The minimum Gasteiger partial charge on any atom is -0.382 e. The highest BCUT2D eigenvalue weighted by molar-refractivity contribution is 9.10. The molecule has 1 aromatic carbocycles. The fourth-order valence-corrected chi connectivity index (χ4v) is 2.17. The average Bonchev–Trinajstić information content (AvgIpc) is 2.37. The van der Waals surface area contributed by atoms with Crippen molar-refractivity contribution in [2.24, 2.45) is 0 Å². The quantitative estimate of drug-likeness (QED) is 0.942. The van der Waals surface area contributed by atoms with Gasteiger partial charge >= 0.3 is 0 Å². The summed E-state index contributed by atoms with van der Waals surface area (Å²) >= 11 is 3.48. The van der Waals surface area contributed by atoms with Crippen LogP contribution in [-0.4, -0.2) is 11.1 Å². The Morgan fingerprint density at radius 3 is 2.78 bits per heavy atom. The van der Waals surface area contributed by atoms with Gasteiger partial charge in [-0.15, -0.1) is 0 Å². The van der Waals surface area contributed by atoms with Crippen LogP contribution in [0.2, 0.25) is 0 Å². The van der Waals surface area contributed by atoms with E-state index >= 15 is 0 Å². The van der Waals surface area contributed by atoms with Gasteiger partial charge in [0, 0.05) is 35.0 Å². The summed E-state index contributed by atoms with van der Waals surface area (Å²) in [5.41, 5.74) is 1.89. The first-order valence-electron chi connectivity index (χ1n) is 5.83. The average molecular weight is 307 g/mol. The Labute approximate surface area is 115 Å². The first kappa shape index (κ1) is 12.9. The molecule has 0 fully saturated rings. The van der Waals surface area contributed by atoms with E-state index in [0.717, 1.165) is 15.7 Å². The molecule has 0 bridgehead atoms. The molecule has 0 amide bonds. The van der Waals surface area contributed by atoms with E-state index in [4.69, 9.17) is 0 Å². The van der Waals surface area contributed by atoms with Gasteiger partial charge in [-0.25, -0.2) is 0 Å². The third-order valence-electron chi connectivity index (χ3n) is 2.75. The molecule has 0 saturated heterocycles. The summed E-state index contributed by atoms with van der Waals surface area (Å²) in [4.78, 5) is 11.8. The van der Waals surface area contributed by atoms with Gasteiger partial charge in [0.15, 0.2) is 0 Å². The number of hydrogen-bond acceptors (Lipinski definition) is 2. The van der Waals surface area contributed by atoms with Crippen LogP contribution in [0, 0.1) is 6.92 Å². The maximum atomic E-state index is 11.8. The number of pyridine rings is 1. The molecule has 1 heterocycles. The summed E-state index contributed by atoms with van der Waals surface area (Å²) in [6, 6.07) is 11.7. The predicted octanol–water partition coefficient (Wildman–Crippen LogP) is 3.03. The number of aryl methyl sites for hydroxylation is 1. The SMILES string of the molecule is Cc1cccn(CCNc2ccccc2Br)c1=O. The number of benzene rings is 1. The number of halogens is 1. The number of hydrogen-bond donors (Lipinski definition) is 1. The predicted molar refractivity (Wildman–Crippen MR) is 78.1 cm³/mol. The molecule has 4 heteroatoms. The molecule has 2 rings (SSSR count). The highest BCUT2D eigenvalue weighted by Crippen LogP contribution is 2.20. The summed E-state index contributed by atoms with van der Waals surface area (Å²) in [7, 11) is 0. The monoisotopic (exact) mass is 306 g/mol. The van der Waals surface area contributed by atoms with E-state index in [-0.39, 0.29) is 5.56 Å². The maximum absolute atomic E-state index is 11.8. The fourth-order valence-electron chi connectivity index (χ4n) is 1.75. The van der Waals surface area contributed by atoms with Crippen LogP contribution in [0.25, 0.3) is 0 Å². The van der Waals surface area contributed by atoms with Gasteiger partial charge in [0.2, 0.25) is 0 Å². The summed E-state index contributed by atoms with van der Waals surface area (Å²) < 4.78 is 2.75. The van der Waals surface area contributed by atoms with Crippen LogP contribution in [-0.2, 0) is 6.54 Å². The van der Waals surface area contributed by atoms with Crippen LogP contribution in [0.3, 0.4) is 0 Å². The van der Waals surface area contributed by atoms with Gasteiger partial charge in [-0.2, -0.15) is 0 Å². The minimum atomic E-state index is 0.0754. The van der Waals surface area contributed by atoms with Crippen molar-refractivity contribution < 1.29 is 0 Å². The smallest absolute Gasteiger partial charge is 0.253 e. The van der Waals surface area contributed by atoms with Crippen molar-refractivity contribution in [3.8, 4) is 0 Å². The molecule has 1 N–H and O–H groups in total. The topological polar surface area (TPSA) is 34.0 Å². The molecule has 0 saturated carbocycles. The molecule has 0 aliphatic rings. The number of aromatic nitrogens is 1. The lowest BCUT2D eigenvalue weighted by Crippen LogP contribution is -2.24. The lowest BCUT2D eigenvalue weighted by Gasteiger charge is -2.10. The lowest BCUT2D eigenvalue weighted by molar-refractivity contribution is 0.692. The third-order valence-corrected chi connectivity index (χ3v) is 3.44. The number of rotatable bonds is 4. The van der Waals surface area contributed by atoms with Crippen LogP contribution in [0.1, 0.15) is 5.56 Å². The Morgan fingerprint density at radius 1 is 1.22 bits per heavy atom. The maximum Gasteiger partial charge on any atom is 0.253 e. The molecule has 0 spiro atoms. The van der Waals surface area contributed by atoms with Gasteiger partial charge in [-0.05, 0) is 41.1 Å². The van der Waals surface area contributed by atoms with Crippen molar-refractivity contribution in [3.63, 3.8) is 0 Å². The van der Waals surface area contributed by atoms with Gasteiger partial charge in [-0.3, -0.25) is 4.79 Å². The molecule has 1 aromatic heterocycles. The third kappa shape index (κ3) is 3.01. The Morgan fingerprint density at radius 2 is 2.00 bits per heavy atom. The Hall–Kier alpha value is -1.55. The highest BCUT2D eigenvalue weighted by Gasteiger charge is 1.99. The molecule has 0 unspecified atom stereocenters. The Bertz CT molecular complexity index is 592. The van der Waals surface area contributed by atoms with Crippen molar-refractivity contribution in [2.45, 2.75) is 13.5 Å². The molecule has 0 atom stereocenters. The molecule has 0 aliphatic carbocycles. The van der Waals surface area contributed by atoms with Crippen LogP contribution < -0.4 is 10.9 Å². The van der Waals surface area contributed by atoms with E-state index < -0.39 is 0 Å². The van der Waals surface area contributed by atoms with Crippen LogP contribution in [0.4, 0.5) is 5.69 Å². The van der Waals surface area contributed by atoms with Crippen molar-refractivity contribution in [3.05, 3.63) is 63.0 Å². The molecular formula is C14H15BrN2O. The summed E-state index contributed by atoms with van der Waals surface area (Å²) in [6.07, 6.45) is 1.82. The van der Waals surface area contributed by atoms with Crippen LogP contribution in [0.15, 0.2) is 51.9 Å². The molecule has 2 aromatic rings. The highest BCUT2D eigenvalue weighted by atomic mass is 79.9. The molecule has 3 nitrogen and oxygen atoms in total. The number of nitrogens with one attached hydrogen (secondary N) is 1. The number of anilines is 1. The standard InChI is InChI=1S/C14H15BrN2O/c1-11-5-4-9-17(14(11)18)10-8-16-13-7-3-2-6-12(13)15/h2-7,9,16H,8,10H2,1H3. The van der Waals surface area contributed by atoms with Crippen LogP contribution in [0.5, 0.6) is 0 Å². The number of para-hydroxylation sites is 1. The van der Waals surface area contributed by atoms with Gasteiger partial charge in [-0.1, -0.05) is 18.2 Å². The summed E-state index contributed by atoms with van der Waals surface area (Å²) in [5.74, 6) is 0. The molecule has 0 aliphatic heterocycles. The molecule has 18 heavy (non-hydrogen) atoms. The van der Waals surface area contributed by atoms with E-state index in [1.807, 2.05) is 49.5 Å². The first-order valence-corrected chi connectivity index (χ1v) is 6.62. The zero-order chi connectivity index (χ0) is 13.0. The second kappa shape index (κ2) is 5.87. The van der Waals surface area contributed by atoms with E-state index in [2.05, 4.69) is 21.2 Å². The molecule has 0 radical (unpaired) electrons. The summed E-state index contributed by atoms with van der Waals surface area (Å²) in [5, 5.41) is 3.30. The second-order valence-corrected chi connectivity index (χ2v) is 4.95. The van der Waals surface area contributed by atoms with E-state index in [1.165, 1.54) is 0 Å². The normalized spacial score (nSPS) is 10.3. The molecule has 94 valence electrons. The van der Waals surface area contributed by atoms with Crippen molar-refractivity contribution >= 4 is 21.6 Å². The van der Waals surface area contributed by atoms with E-state index in [0.29, 0.717) is 13.1 Å². The summed E-state index contributed by atoms with van der Waals surface area (Å²) in [6.45, 7) is 3.20. The van der Waals surface area contributed by atoms with Crippen molar-refractivity contribution in [1.29, 1.82) is 0 Å². The molecular weight excluding hydrogens is 292 g/mol. The van der Waals surface area contributed by atoms with Crippen molar-refractivity contribution in [2.75, 3.05) is 11.9 Å². The Balaban J connectivity index is 1.99. The fraction of sp³-hybridized carbons (Fsp3) is 0.214. The van der Waals surface area contributed by atoms with Gasteiger partial charge < -0.3 is 9.88 Å². The Kier molecular flexibility index (Phi) is 4.20. The first-order chi connectivity index (χ1) is 8.68. The van der Waals surface area contributed by atoms with E-state index in [9.17, 15) is 4.79 Å². The van der Waals surface area contributed by atoms with Gasteiger partial charge in [0.25, 0.3) is 5.56 Å². The van der Waals surface area contributed by atoms with Crippen LogP contribution >= 0.6 is 15.9 Å². The largest absolute Gasteiger partial charge is 0.382 e. The number of nitrogens with zero attached hydrogens (tertiary/aromatic N) is 1. The second-order valence-electron chi connectivity index (χ2n) is 4.10. The lowest BCUT2D eigenvalue weighted by atomic mass is 10.3. The zero-order valence-corrected chi connectivity index (χ0v) is 11.8. The van der Waals surface area contributed by atoms with Gasteiger partial charge in [0.1, 0.15) is 0 Å². The van der Waals surface area contributed by atoms with E-state index in [1.54, 1.807) is 4.57 Å². The van der Waals surface area contributed by atoms with Gasteiger partial charge in [0.05, 0.1) is 0 Å².